The molecule has 0 amide bonds. The smallest absolute Gasteiger partial charge is 0.311 e. The Morgan fingerprint density at radius 3 is 2.20 bits per heavy atom. The molecule has 0 heterocycles. The normalized spacial score (nSPS) is 14.0. The Labute approximate surface area is 146 Å². The SMILES string of the molecule is COP(=O)(OC)[C@H](N[C@H](C)c1ccccc1)c1cccc([N+](=O)[O-])c1. The lowest BCUT2D eigenvalue weighted by Crippen LogP contribution is -2.26. The van der Waals surface area contributed by atoms with Gasteiger partial charge in [-0.2, -0.15) is 0 Å². The Hall–Kier alpha value is -2.05. The largest absolute Gasteiger partial charge is 0.351 e. The molecule has 2 aromatic rings. The van der Waals surface area contributed by atoms with Crippen molar-refractivity contribution in [3.8, 4) is 0 Å². The molecule has 0 saturated heterocycles. The Morgan fingerprint density at radius 1 is 1.04 bits per heavy atom. The van der Waals surface area contributed by atoms with Gasteiger partial charge < -0.3 is 9.05 Å². The van der Waals surface area contributed by atoms with Gasteiger partial charge in [0.2, 0.25) is 0 Å². The number of hydrogen-bond acceptors (Lipinski definition) is 6. The molecular weight excluding hydrogens is 343 g/mol. The minimum absolute atomic E-state index is 0.0876. The molecule has 0 aliphatic carbocycles. The van der Waals surface area contributed by atoms with Gasteiger partial charge in [-0.25, -0.2) is 0 Å². The highest BCUT2D eigenvalue weighted by molar-refractivity contribution is 7.54. The van der Waals surface area contributed by atoms with Crippen LogP contribution < -0.4 is 5.32 Å². The minimum atomic E-state index is -3.57. The summed E-state index contributed by atoms with van der Waals surface area (Å²) in [6.07, 6.45) is 0. The van der Waals surface area contributed by atoms with Crippen molar-refractivity contribution >= 4 is 13.3 Å². The van der Waals surface area contributed by atoms with Crippen LogP contribution in [-0.4, -0.2) is 19.1 Å². The molecule has 0 aliphatic heterocycles. The average Bonchev–Trinajstić information content (AvgIpc) is 2.66. The fourth-order valence-electron chi connectivity index (χ4n) is 2.54. The van der Waals surface area contributed by atoms with Crippen molar-refractivity contribution < 1.29 is 18.5 Å². The fourth-order valence-corrected chi connectivity index (χ4v) is 4.04. The predicted octanol–water partition coefficient (Wildman–Crippen LogP) is 4.43. The van der Waals surface area contributed by atoms with E-state index in [0.717, 1.165) is 5.56 Å². The molecule has 1 N–H and O–H groups in total. The van der Waals surface area contributed by atoms with Crippen molar-refractivity contribution in [2.75, 3.05) is 14.2 Å². The van der Waals surface area contributed by atoms with E-state index in [4.69, 9.17) is 9.05 Å². The van der Waals surface area contributed by atoms with Gasteiger partial charge in [-0.05, 0) is 18.1 Å². The van der Waals surface area contributed by atoms with E-state index >= 15 is 0 Å². The Kier molecular flexibility index (Phi) is 6.45. The van der Waals surface area contributed by atoms with E-state index in [-0.39, 0.29) is 11.7 Å². The predicted molar refractivity (Wildman–Crippen MR) is 95.5 cm³/mol. The van der Waals surface area contributed by atoms with Crippen LogP contribution in [-0.2, 0) is 13.6 Å². The lowest BCUT2D eigenvalue weighted by Gasteiger charge is -2.28. The number of nitro groups is 1. The summed E-state index contributed by atoms with van der Waals surface area (Å²) in [5.41, 5.74) is 1.36. The van der Waals surface area contributed by atoms with Gasteiger partial charge >= 0.3 is 7.60 Å². The molecule has 0 radical (unpaired) electrons. The molecule has 0 fully saturated rings. The molecule has 0 saturated carbocycles. The molecule has 2 atom stereocenters. The second-order valence-electron chi connectivity index (χ2n) is 5.46. The van der Waals surface area contributed by atoms with Crippen molar-refractivity contribution in [1.82, 2.24) is 5.32 Å². The van der Waals surface area contributed by atoms with E-state index < -0.39 is 18.3 Å². The molecule has 0 spiro atoms. The fraction of sp³-hybridized carbons (Fsp3) is 0.294. The summed E-state index contributed by atoms with van der Waals surface area (Å²) < 4.78 is 23.3. The summed E-state index contributed by atoms with van der Waals surface area (Å²) in [5.74, 6) is -0.849. The third kappa shape index (κ3) is 4.52. The topological polar surface area (TPSA) is 90.7 Å². The van der Waals surface area contributed by atoms with E-state index in [2.05, 4.69) is 5.32 Å². The maximum absolute atomic E-state index is 13.0. The highest BCUT2D eigenvalue weighted by Crippen LogP contribution is 2.59. The molecule has 0 aromatic heterocycles. The van der Waals surface area contributed by atoms with Crippen LogP contribution in [0.3, 0.4) is 0 Å². The zero-order valence-electron chi connectivity index (χ0n) is 14.3. The molecule has 2 aromatic carbocycles. The van der Waals surface area contributed by atoms with Crippen LogP contribution in [0.5, 0.6) is 0 Å². The van der Waals surface area contributed by atoms with Gasteiger partial charge in [0.1, 0.15) is 5.78 Å². The Balaban J connectivity index is 2.42. The lowest BCUT2D eigenvalue weighted by molar-refractivity contribution is -0.384. The molecule has 134 valence electrons. The molecule has 0 aliphatic rings. The summed E-state index contributed by atoms with van der Waals surface area (Å²) in [5, 5.41) is 14.3. The molecule has 0 bridgehead atoms. The monoisotopic (exact) mass is 364 g/mol. The number of rotatable bonds is 8. The maximum atomic E-state index is 13.0. The van der Waals surface area contributed by atoms with Gasteiger partial charge in [0.25, 0.3) is 5.69 Å². The van der Waals surface area contributed by atoms with Crippen LogP contribution in [0, 0.1) is 10.1 Å². The van der Waals surface area contributed by atoms with Gasteiger partial charge in [-0.3, -0.25) is 20.0 Å². The van der Waals surface area contributed by atoms with Gasteiger partial charge in [0, 0.05) is 32.4 Å². The quantitative estimate of drug-likeness (QED) is 0.423. The first kappa shape index (κ1) is 19.3. The third-order valence-corrected chi connectivity index (χ3v) is 6.03. The summed E-state index contributed by atoms with van der Waals surface area (Å²) >= 11 is 0. The number of hydrogen-bond donors (Lipinski definition) is 1. The molecule has 2 rings (SSSR count). The van der Waals surface area contributed by atoms with Crippen molar-refractivity contribution in [2.45, 2.75) is 18.7 Å². The van der Waals surface area contributed by atoms with Crippen LogP contribution in [0.25, 0.3) is 0 Å². The van der Waals surface area contributed by atoms with Gasteiger partial charge in [-0.1, -0.05) is 42.5 Å². The van der Waals surface area contributed by atoms with Crippen LogP contribution >= 0.6 is 7.60 Å². The number of benzene rings is 2. The van der Waals surface area contributed by atoms with Crippen molar-refractivity contribution in [1.29, 1.82) is 0 Å². The Morgan fingerprint density at radius 2 is 1.64 bits per heavy atom. The lowest BCUT2D eigenvalue weighted by atomic mass is 10.1. The van der Waals surface area contributed by atoms with Crippen molar-refractivity contribution in [3.63, 3.8) is 0 Å². The summed E-state index contributed by atoms with van der Waals surface area (Å²) in [4.78, 5) is 10.6. The summed E-state index contributed by atoms with van der Waals surface area (Å²) in [6, 6.07) is 15.4. The van der Waals surface area contributed by atoms with Crippen LogP contribution in [0.4, 0.5) is 5.69 Å². The molecule has 7 nitrogen and oxygen atoms in total. The summed E-state index contributed by atoms with van der Waals surface area (Å²) in [6.45, 7) is 1.91. The van der Waals surface area contributed by atoms with Gasteiger partial charge in [0.05, 0.1) is 4.92 Å². The zero-order chi connectivity index (χ0) is 18.4. The van der Waals surface area contributed by atoms with Gasteiger partial charge in [0.15, 0.2) is 0 Å². The maximum Gasteiger partial charge on any atom is 0.351 e. The van der Waals surface area contributed by atoms with E-state index in [1.54, 1.807) is 12.1 Å². The van der Waals surface area contributed by atoms with E-state index in [1.165, 1.54) is 26.4 Å². The summed E-state index contributed by atoms with van der Waals surface area (Å²) in [7, 11) is -0.981. The van der Waals surface area contributed by atoms with Crippen LogP contribution in [0.1, 0.15) is 29.9 Å². The number of nitro benzene ring substituents is 1. The average molecular weight is 364 g/mol. The second kappa shape index (κ2) is 8.36. The minimum Gasteiger partial charge on any atom is -0.311 e. The van der Waals surface area contributed by atoms with Gasteiger partial charge in [-0.15, -0.1) is 0 Å². The molecule has 0 unspecified atom stereocenters. The van der Waals surface area contributed by atoms with E-state index in [0.29, 0.717) is 5.56 Å². The first-order chi connectivity index (χ1) is 11.9. The first-order valence-corrected chi connectivity index (χ1v) is 9.29. The molecule has 25 heavy (non-hydrogen) atoms. The second-order valence-corrected chi connectivity index (χ2v) is 7.79. The number of non-ortho nitro benzene ring substituents is 1. The van der Waals surface area contributed by atoms with Crippen molar-refractivity contribution in [3.05, 3.63) is 75.8 Å². The highest BCUT2D eigenvalue weighted by Gasteiger charge is 2.37. The molecule has 8 heteroatoms. The van der Waals surface area contributed by atoms with E-state index in [1.807, 2.05) is 37.3 Å². The molecular formula is C17H21N2O5P. The highest BCUT2D eigenvalue weighted by atomic mass is 31.2. The van der Waals surface area contributed by atoms with Crippen molar-refractivity contribution in [2.24, 2.45) is 0 Å². The Bertz CT molecular complexity index is 761. The van der Waals surface area contributed by atoms with E-state index in [9.17, 15) is 14.7 Å². The third-order valence-electron chi connectivity index (χ3n) is 3.93. The first-order valence-electron chi connectivity index (χ1n) is 7.68. The van der Waals surface area contributed by atoms with Crippen LogP contribution in [0.15, 0.2) is 54.6 Å². The number of nitrogens with one attached hydrogen (secondary N) is 1. The standard InChI is InChI=1S/C17H21N2O5P/c1-13(14-8-5-4-6-9-14)18-17(25(22,23-2)24-3)15-10-7-11-16(12-15)19(20)21/h4-13,17-18H,1-3H3/t13-,17+/m1/s1. The zero-order valence-corrected chi connectivity index (χ0v) is 15.2. The number of nitrogens with zero attached hydrogens (tertiary/aromatic N) is 1. The van der Waals surface area contributed by atoms with Crippen LogP contribution in [0.2, 0.25) is 0 Å².